The minimum absolute atomic E-state index is 0.623. The summed E-state index contributed by atoms with van der Waals surface area (Å²) in [6, 6.07) is 3.78. The fourth-order valence-corrected chi connectivity index (χ4v) is 1.29. The van der Waals surface area contributed by atoms with E-state index in [1.165, 1.54) is 12.8 Å². The van der Waals surface area contributed by atoms with Crippen LogP contribution in [0.4, 0.5) is 0 Å². The predicted molar refractivity (Wildman–Crippen MR) is 52.6 cm³/mol. The smallest absolute Gasteiger partial charge is 0.156 e. The minimum atomic E-state index is 0.623. The van der Waals surface area contributed by atoms with E-state index in [1.54, 1.807) is 10.7 Å². The van der Waals surface area contributed by atoms with Gasteiger partial charge in [-0.25, -0.2) is 9.50 Å². The molecule has 0 radical (unpaired) electrons. The summed E-state index contributed by atoms with van der Waals surface area (Å²) in [5, 5.41) is 4.07. The average Bonchev–Trinajstić information content (AvgIpc) is 2.92. The number of hydrogen-bond acceptors (Lipinski definition) is 2. The first-order valence-corrected chi connectivity index (χ1v) is 4.74. The lowest BCUT2D eigenvalue weighted by Gasteiger charge is -1.92. The quantitative estimate of drug-likeness (QED) is 0.579. The first kappa shape index (κ1) is 7.57. The molecule has 0 aliphatic heterocycles. The fraction of sp³-hybridized carbons (Fsp3) is 0.273. The summed E-state index contributed by atoms with van der Waals surface area (Å²) in [7, 11) is 0. The minimum Gasteiger partial charge on any atom is -0.223 e. The molecule has 3 heteroatoms. The third-order valence-electron chi connectivity index (χ3n) is 2.24. The molecule has 0 atom stereocenters. The van der Waals surface area contributed by atoms with Crippen molar-refractivity contribution in [3.8, 4) is 11.8 Å². The van der Waals surface area contributed by atoms with Gasteiger partial charge in [-0.05, 0) is 24.8 Å². The summed E-state index contributed by atoms with van der Waals surface area (Å²) < 4.78 is 1.74. The topological polar surface area (TPSA) is 30.2 Å². The van der Waals surface area contributed by atoms with Crippen molar-refractivity contribution in [2.45, 2.75) is 12.8 Å². The third-order valence-corrected chi connectivity index (χ3v) is 2.24. The normalized spacial score (nSPS) is 15.1. The largest absolute Gasteiger partial charge is 0.223 e. The molecule has 0 aromatic carbocycles. The van der Waals surface area contributed by atoms with Gasteiger partial charge in [0.05, 0.1) is 6.20 Å². The maximum atomic E-state index is 4.36. The Balaban J connectivity index is 2.01. The molecule has 1 aliphatic rings. The zero-order valence-electron chi connectivity index (χ0n) is 7.64. The van der Waals surface area contributed by atoms with Crippen molar-refractivity contribution in [1.29, 1.82) is 0 Å². The van der Waals surface area contributed by atoms with Crippen molar-refractivity contribution in [2.24, 2.45) is 5.92 Å². The Morgan fingerprint density at radius 2 is 2.29 bits per heavy atom. The van der Waals surface area contributed by atoms with E-state index in [0.29, 0.717) is 5.92 Å². The molecule has 68 valence electrons. The van der Waals surface area contributed by atoms with Gasteiger partial charge < -0.3 is 0 Å². The average molecular weight is 183 g/mol. The number of nitrogens with zero attached hydrogens (tertiary/aromatic N) is 3. The second-order valence-electron chi connectivity index (χ2n) is 3.49. The molecular weight excluding hydrogens is 174 g/mol. The van der Waals surface area contributed by atoms with Gasteiger partial charge in [0, 0.05) is 18.2 Å². The Bertz CT molecular complexity index is 526. The lowest BCUT2D eigenvalue weighted by molar-refractivity contribution is 0.936. The first-order chi connectivity index (χ1) is 6.92. The van der Waals surface area contributed by atoms with Crippen LogP contribution in [0, 0.1) is 17.8 Å². The standard InChI is InChI=1S/C11H9N3/c1-2-9(1)3-4-10-6-8-14-11(13-10)5-7-12-14/h5-9H,1-2H2. The maximum absolute atomic E-state index is 4.36. The molecule has 1 fully saturated rings. The molecule has 0 amide bonds. The molecule has 3 rings (SSSR count). The van der Waals surface area contributed by atoms with Crippen molar-refractivity contribution in [2.75, 3.05) is 0 Å². The Kier molecular flexibility index (Phi) is 1.54. The molecule has 2 aromatic heterocycles. The van der Waals surface area contributed by atoms with Crippen LogP contribution in [0.5, 0.6) is 0 Å². The highest BCUT2D eigenvalue weighted by Gasteiger charge is 2.17. The van der Waals surface area contributed by atoms with E-state index in [0.717, 1.165) is 11.3 Å². The van der Waals surface area contributed by atoms with Crippen molar-refractivity contribution in [3.63, 3.8) is 0 Å². The van der Waals surface area contributed by atoms with E-state index in [2.05, 4.69) is 21.9 Å². The van der Waals surface area contributed by atoms with Gasteiger partial charge in [0.15, 0.2) is 5.65 Å². The summed E-state index contributed by atoms with van der Waals surface area (Å²) in [4.78, 5) is 4.36. The van der Waals surface area contributed by atoms with Crippen molar-refractivity contribution < 1.29 is 0 Å². The first-order valence-electron chi connectivity index (χ1n) is 4.74. The van der Waals surface area contributed by atoms with Crippen molar-refractivity contribution in [3.05, 3.63) is 30.2 Å². The van der Waals surface area contributed by atoms with E-state index in [9.17, 15) is 0 Å². The van der Waals surface area contributed by atoms with E-state index < -0.39 is 0 Å². The summed E-state index contributed by atoms with van der Waals surface area (Å²) >= 11 is 0. The Hall–Kier alpha value is -1.82. The van der Waals surface area contributed by atoms with E-state index in [-0.39, 0.29) is 0 Å². The van der Waals surface area contributed by atoms with Crippen LogP contribution in [0.1, 0.15) is 18.5 Å². The van der Waals surface area contributed by atoms with Gasteiger partial charge in [-0.1, -0.05) is 5.92 Å². The van der Waals surface area contributed by atoms with E-state index >= 15 is 0 Å². The van der Waals surface area contributed by atoms with Gasteiger partial charge in [-0.3, -0.25) is 0 Å². The highest BCUT2D eigenvalue weighted by Crippen LogP contribution is 2.27. The maximum Gasteiger partial charge on any atom is 0.156 e. The number of hydrogen-bond donors (Lipinski definition) is 0. The summed E-state index contributed by atoms with van der Waals surface area (Å²) in [6.45, 7) is 0. The lowest BCUT2D eigenvalue weighted by Crippen LogP contribution is -1.91. The van der Waals surface area contributed by atoms with Crippen molar-refractivity contribution >= 4 is 5.65 Å². The number of rotatable bonds is 0. The van der Waals surface area contributed by atoms with Crippen LogP contribution >= 0.6 is 0 Å². The number of aromatic nitrogens is 3. The molecule has 3 nitrogen and oxygen atoms in total. The molecule has 0 saturated heterocycles. The monoisotopic (exact) mass is 183 g/mol. The zero-order valence-corrected chi connectivity index (χ0v) is 7.64. The Morgan fingerprint density at radius 3 is 3.14 bits per heavy atom. The molecule has 0 N–H and O–H groups in total. The van der Waals surface area contributed by atoms with Crippen LogP contribution in [0.15, 0.2) is 24.5 Å². The fourth-order valence-electron chi connectivity index (χ4n) is 1.29. The van der Waals surface area contributed by atoms with Gasteiger partial charge in [-0.2, -0.15) is 5.10 Å². The van der Waals surface area contributed by atoms with Crippen LogP contribution in [0.2, 0.25) is 0 Å². The predicted octanol–water partition coefficient (Wildman–Crippen LogP) is 1.49. The van der Waals surface area contributed by atoms with E-state index in [1.807, 2.05) is 18.3 Å². The SMILES string of the molecule is C(#CC1CC1)c1ccn2nccc2n1. The van der Waals surface area contributed by atoms with Gasteiger partial charge in [0.1, 0.15) is 5.69 Å². The summed E-state index contributed by atoms with van der Waals surface area (Å²) in [6.07, 6.45) is 6.13. The van der Waals surface area contributed by atoms with Crippen molar-refractivity contribution in [1.82, 2.24) is 14.6 Å². The second kappa shape index (κ2) is 2.85. The molecule has 14 heavy (non-hydrogen) atoms. The molecular formula is C11H9N3. The van der Waals surface area contributed by atoms with Gasteiger partial charge in [0.25, 0.3) is 0 Å². The third kappa shape index (κ3) is 1.35. The highest BCUT2D eigenvalue weighted by molar-refractivity contribution is 5.40. The number of fused-ring (bicyclic) bond motifs is 1. The molecule has 2 aromatic rings. The van der Waals surface area contributed by atoms with Crippen LogP contribution in [-0.4, -0.2) is 14.6 Å². The lowest BCUT2D eigenvalue weighted by atomic mass is 10.3. The Morgan fingerprint density at radius 1 is 1.36 bits per heavy atom. The van der Waals surface area contributed by atoms with Crippen LogP contribution in [0.3, 0.4) is 0 Å². The highest BCUT2D eigenvalue weighted by atomic mass is 15.2. The molecule has 0 spiro atoms. The van der Waals surface area contributed by atoms with E-state index in [4.69, 9.17) is 0 Å². The Labute approximate surface area is 81.8 Å². The molecule has 2 heterocycles. The van der Waals surface area contributed by atoms with Crippen LogP contribution < -0.4 is 0 Å². The molecule has 0 bridgehead atoms. The summed E-state index contributed by atoms with van der Waals surface area (Å²) in [5.41, 5.74) is 1.69. The summed E-state index contributed by atoms with van der Waals surface area (Å²) in [5.74, 6) is 6.90. The van der Waals surface area contributed by atoms with Gasteiger partial charge in [0.2, 0.25) is 0 Å². The molecule has 1 aliphatic carbocycles. The molecule has 1 saturated carbocycles. The van der Waals surface area contributed by atoms with Gasteiger partial charge >= 0.3 is 0 Å². The second-order valence-corrected chi connectivity index (χ2v) is 3.49. The zero-order chi connectivity index (χ0) is 9.38. The van der Waals surface area contributed by atoms with Gasteiger partial charge in [-0.15, -0.1) is 0 Å². The molecule has 0 unspecified atom stereocenters. The van der Waals surface area contributed by atoms with Crippen LogP contribution in [0.25, 0.3) is 5.65 Å². The van der Waals surface area contributed by atoms with Crippen LogP contribution in [-0.2, 0) is 0 Å².